The summed E-state index contributed by atoms with van der Waals surface area (Å²) in [7, 11) is -2.43. The SMILES string of the molecule is COC(=O)C1CN(C(=O)CCc2ccc(S(=O)(=O)NC(C)c3ccccc3)cc2)c2ccccc2O1. The minimum atomic E-state index is -3.71. The lowest BCUT2D eigenvalue weighted by Crippen LogP contribution is -2.47. The van der Waals surface area contributed by atoms with E-state index in [1.165, 1.54) is 24.1 Å². The predicted molar refractivity (Wildman–Crippen MR) is 135 cm³/mol. The smallest absolute Gasteiger partial charge is 0.348 e. The molecule has 36 heavy (non-hydrogen) atoms. The number of ether oxygens (including phenoxy) is 2. The standard InChI is InChI=1S/C27H28N2O6S/c1-19(21-8-4-3-5-9-21)28-36(32,33)22-15-12-20(13-16-22)14-17-26(30)29-18-25(27(31)34-2)35-24-11-7-6-10-23(24)29/h3-13,15-16,19,25,28H,14,17-18H2,1-2H3. The molecule has 9 heteroatoms. The maximum Gasteiger partial charge on any atom is 0.348 e. The zero-order valence-corrected chi connectivity index (χ0v) is 20.9. The number of hydrogen-bond donors (Lipinski definition) is 1. The van der Waals surface area contributed by atoms with Crippen LogP contribution in [0.5, 0.6) is 5.75 Å². The second kappa shape index (κ2) is 10.9. The van der Waals surface area contributed by atoms with Crippen molar-refractivity contribution in [2.45, 2.75) is 36.8 Å². The van der Waals surface area contributed by atoms with E-state index in [2.05, 4.69) is 4.72 Å². The van der Waals surface area contributed by atoms with Crippen LogP contribution in [0.2, 0.25) is 0 Å². The van der Waals surface area contributed by atoms with Gasteiger partial charge in [-0.25, -0.2) is 17.9 Å². The quantitative estimate of drug-likeness (QED) is 0.467. The Bertz CT molecular complexity index is 1330. The van der Waals surface area contributed by atoms with Crippen molar-refractivity contribution in [3.63, 3.8) is 0 Å². The molecular weight excluding hydrogens is 480 g/mol. The van der Waals surface area contributed by atoms with Crippen LogP contribution >= 0.6 is 0 Å². The fourth-order valence-corrected chi connectivity index (χ4v) is 5.29. The lowest BCUT2D eigenvalue weighted by atomic mass is 10.1. The van der Waals surface area contributed by atoms with Crippen molar-refractivity contribution in [2.24, 2.45) is 0 Å². The number of fused-ring (bicyclic) bond motifs is 1. The van der Waals surface area contributed by atoms with Crippen LogP contribution in [-0.4, -0.2) is 40.1 Å². The minimum absolute atomic E-state index is 0.0605. The third kappa shape index (κ3) is 5.75. The van der Waals surface area contributed by atoms with Gasteiger partial charge in [-0.3, -0.25) is 4.79 Å². The molecule has 1 aliphatic heterocycles. The summed E-state index contributed by atoms with van der Waals surface area (Å²) in [6.07, 6.45) is -0.309. The number of anilines is 1. The number of aryl methyl sites for hydroxylation is 1. The largest absolute Gasteiger partial charge is 0.475 e. The van der Waals surface area contributed by atoms with Gasteiger partial charge in [-0.05, 0) is 48.7 Å². The van der Waals surface area contributed by atoms with E-state index in [1.807, 2.05) is 30.3 Å². The molecule has 1 N–H and O–H groups in total. The van der Waals surface area contributed by atoms with Crippen molar-refractivity contribution in [3.05, 3.63) is 90.0 Å². The Labute approximate surface area is 210 Å². The van der Waals surface area contributed by atoms with Crippen LogP contribution in [0.15, 0.2) is 83.8 Å². The number of hydrogen-bond acceptors (Lipinski definition) is 6. The second-order valence-electron chi connectivity index (χ2n) is 8.50. The molecule has 0 radical (unpaired) electrons. The normalized spacial score (nSPS) is 15.9. The molecule has 0 saturated heterocycles. The molecule has 3 aromatic rings. The predicted octanol–water partition coefficient (Wildman–Crippen LogP) is 3.63. The number of carbonyl (C=O) groups is 2. The van der Waals surface area contributed by atoms with E-state index in [0.29, 0.717) is 17.9 Å². The maximum absolute atomic E-state index is 13.1. The van der Waals surface area contributed by atoms with Crippen molar-refractivity contribution in [1.29, 1.82) is 0 Å². The van der Waals surface area contributed by atoms with Gasteiger partial charge in [0.05, 0.1) is 24.2 Å². The number of nitrogens with zero attached hydrogens (tertiary/aromatic N) is 1. The number of nitrogens with one attached hydrogen (secondary N) is 1. The summed E-state index contributed by atoms with van der Waals surface area (Å²) in [4.78, 5) is 26.8. The monoisotopic (exact) mass is 508 g/mol. The van der Waals surface area contributed by atoms with Gasteiger partial charge < -0.3 is 14.4 Å². The van der Waals surface area contributed by atoms with Gasteiger partial charge in [0, 0.05) is 12.5 Å². The molecule has 4 rings (SSSR count). The van der Waals surface area contributed by atoms with E-state index in [-0.39, 0.29) is 29.8 Å². The number of sulfonamides is 1. The van der Waals surface area contributed by atoms with E-state index in [0.717, 1.165) is 11.1 Å². The summed E-state index contributed by atoms with van der Waals surface area (Å²) in [6, 6.07) is 22.5. The summed E-state index contributed by atoms with van der Waals surface area (Å²) in [5.74, 6) is -0.275. The number of carbonyl (C=O) groups excluding carboxylic acids is 2. The van der Waals surface area contributed by atoms with E-state index >= 15 is 0 Å². The Balaban J connectivity index is 1.40. The third-order valence-corrected chi connectivity index (χ3v) is 7.59. The highest BCUT2D eigenvalue weighted by atomic mass is 32.2. The Kier molecular flexibility index (Phi) is 7.71. The van der Waals surface area contributed by atoms with Crippen LogP contribution < -0.4 is 14.4 Å². The molecule has 1 aliphatic rings. The van der Waals surface area contributed by atoms with Gasteiger partial charge in [0.15, 0.2) is 0 Å². The summed E-state index contributed by atoms with van der Waals surface area (Å²) in [6.45, 7) is 1.85. The number of methoxy groups -OCH3 is 1. The Morgan fingerprint density at radius 1 is 1.03 bits per heavy atom. The molecule has 188 valence electrons. The molecule has 8 nitrogen and oxygen atoms in total. The molecule has 0 aromatic heterocycles. The molecule has 3 aromatic carbocycles. The highest BCUT2D eigenvalue weighted by Crippen LogP contribution is 2.34. The Morgan fingerprint density at radius 3 is 2.39 bits per heavy atom. The maximum atomic E-state index is 13.1. The fraction of sp³-hybridized carbons (Fsp3) is 0.259. The number of esters is 1. The molecule has 1 heterocycles. The van der Waals surface area contributed by atoms with Gasteiger partial charge >= 0.3 is 5.97 Å². The summed E-state index contributed by atoms with van der Waals surface area (Å²) in [5, 5.41) is 0. The van der Waals surface area contributed by atoms with Gasteiger partial charge in [-0.2, -0.15) is 0 Å². The van der Waals surface area contributed by atoms with Crippen molar-refractivity contribution in [1.82, 2.24) is 4.72 Å². The second-order valence-corrected chi connectivity index (χ2v) is 10.2. The average molecular weight is 509 g/mol. The summed E-state index contributed by atoms with van der Waals surface area (Å²) in [5.41, 5.74) is 2.29. The topological polar surface area (TPSA) is 102 Å². The van der Waals surface area contributed by atoms with Crippen LogP contribution in [-0.2, 0) is 30.8 Å². The summed E-state index contributed by atoms with van der Waals surface area (Å²) >= 11 is 0. The van der Waals surface area contributed by atoms with Gasteiger partial charge in [-0.1, -0.05) is 54.6 Å². The van der Waals surface area contributed by atoms with E-state index in [9.17, 15) is 18.0 Å². The van der Waals surface area contributed by atoms with Gasteiger partial charge in [-0.15, -0.1) is 0 Å². The molecule has 1 amide bonds. The van der Waals surface area contributed by atoms with Crippen molar-refractivity contribution >= 4 is 27.6 Å². The van der Waals surface area contributed by atoms with E-state index < -0.39 is 22.1 Å². The molecule has 0 aliphatic carbocycles. The average Bonchev–Trinajstić information content (AvgIpc) is 2.91. The number of amides is 1. The van der Waals surface area contributed by atoms with Crippen LogP contribution in [0.3, 0.4) is 0 Å². The Morgan fingerprint density at radius 2 is 1.69 bits per heavy atom. The fourth-order valence-electron chi connectivity index (χ4n) is 4.06. The van der Waals surface area contributed by atoms with E-state index in [1.54, 1.807) is 43.3 Å². The van der Waals surface area contributed by atoms with Gasteiger partial charge in [0.25, 0.3) is 0 Å². The highest BCUT2D eigenvalue weighted by molar-refractivity contribution is 7.89. The molecule has 2 unspecified atom stereocenters. The zero-order chi connectivity index (χ0) is 25.7. The van der Waals surface area contributed by atoms with Crippen molar-refractivity contribution in [3.8, 4) is 5.75 Å². The number of rotatable bonds is 8. The third-order valence-electron chi connectivity index (χ3n) is 6.03. The Hall–Kier alpha value is -3.69. The highest BCUT2D eigenvalue weighted by Gasteiger charge is 2.34. The first-order chi connectivity index (χ1) is 17.3. The van der Waals surface area contributed by atoms with Crippen LogP contribution in [0.25, 0.3) is 0 Å². The van der Waals surface area contributed by atoms with Crippen molar-refractivity contribution < 1.29 is 27.5 Å². The van der Waals surface area contributed by atoms with Crippen molar-refractivity contribution in [2.75, 3.05) is 18.6 Å². The minimum Gasteiger partial charge on any atom is -0.475 e. The van der Waals surface area contributed by atoms with Crippen LogP contribution in [0.4, 0.5) is 5.69 Å². The first kappa shape index (κ1) is 25.4. The van der Waals surface area contributed by atoms with Crippen LogP contribution in [0, 0.1) is 0 Å². The molecule has 0 bridgehead atoms. The number of para-hydroxylation sites is 2. The van der Waals surface area contributed by atoms with Crippen LogP contribution in [0.1, 0.15) is 30.5 Å². The molecular formula is C27H28N2O6S. The summed E-state index contributed by atoms with van der Waals surface area (Å²) < 4.78 is 38.8. The lowest BCUT2D eigenvalue weighted by Gasteiger charge is -2.33. The molecule has 2 atom stereocenters. The van der Waals surface area contributed by atoms with Gasteiger partial charge in [0.1, 0.15) is 5.75 Å². The van der Waals surface area contributed by atoms with Gasteiger partial charge in [0.2, 0.25) is 22.0 Å². The number of benzene rings is 3. The molecule has 0 spiro atoms. The first-order valence-electron chi connectivity index (χ1n) is 11.6. The molecule has 0 fully saturated rings. The lowest BCUT2D eigenvalue weighted by molar-refractivity contribution is -0.148. The molecule has 0 saturated carbocycles. The first-order valence-corrected chi connectivity index (χ1v) is 13.1. The van der Waals surface area contributed by atoms with E-state index in [4.69, 9.17) is 9.47 Å². The zero-order valence-electron chi connectivity index (χ0n) is 20.1.